The first-order valence-electron chi connectivity index (χ1n) is 4.03. The molecule has 2 nitrogen and oxygen atoms in total. The predicted octanol–water partition coefficient (Wildman–Crippen LogP) is 3.20. The number of aryl methyl sites for hydroxylation is 1. The molecule has 0 atom stereocenters. The van der Waals surface area contributed by atoms with Gasteiger partial charge in [0.15, 0.2) is 0 Å². The number of hydrogen-bond acceptors (Lipinski definition) is 3. The Balaban J connectivity index is 2.85. The summed E-state index contributed by atoms with van der Waals surface area (Å²) in [5.74, 6) is -0.893. The van der Waals surface area contributed by atoms with Gasteiger partial charge in [-0.2, -0.15) is 0 Å². The minimum atomic E-state index is -0.893. The number of carbonyl (C=O) groups is 1. The zero-order chi connectivity index (χ0) is 10.3. The summed E-state index contributed by atoms with van der Waals surface area (Å²) < 4.78 is 0.979. The fourth-order valence-corrected chi connectivity index (χ4v) is 3.01. The third kappa shape index (κ3) is 1.40. The molecule has 0 saturated heterocycles. The first kappa shape index (κ1) is 9.55. The van der Waals surface area contributed by atoms with Crippen LogP contribution in [0.25, 0.3) is 10.1 Å². The summed E-state index contributed by atoms with van der Waals surface area (Å²) in [6.45, 7) is 1.97. The number of carboxylic acids is 1. The van der Waals surface area contributed by atoms with Gasteiger partial charge in [-0.25, -0.2) is 4.79 Å². The third-order valence-corrected chi connectivity index (χ3v) is 3.31. The van der Waals surface area contributed by atoms with E-state index < -0.39 is 5.97 Å². The highest BCUT2D eigenvalue weighted by atomic mass is 32.1. The molecule has 1 aromatic heterocycles. The van der Waals surface area contributed by atoms with Gasteiger partial charge in [0.25, 0.3) is 0 Å². The van der Waals surface area contributed by atoms with Gasteiger partial charge in [-0.05, 0) is 24.6 Å². The van der Waals surface area contributed by atoms with Crippen molar-refractivity contribution < 1.29 is 9.90 Å². The Morgan fingerprint density at radius 3 is 2.86 bits per heavy atom. The highest BCUT2D eigenvalue weighted by Crippen LogP contribution is 2.32. The molecule has 0 spiro atoms. The third-order valence-electron chi connectivity index (χ3n) is 2.03. The van der Waals surface area contributed by atoms with Gasteiger partial charge in [-0.1, -0.05) is 0 Å². The van der Waals surface area contributed by atoms with Crippen LogP contribution in [-0.2, 0) is 0 Å². The van der Waals surface area contributed by atoms with Crippen molar-refractivity contribution in [1.82, 2.24) is 0 Å². The standard InChI is InChI=1S/C10H8O2S2/c1-5-2-7(13)9-6(10(11)12)4-14-8(9)3-5/h2-4,13H,1H3,(H,11,12). The van der Waals surface area contributed by atoms with Crippen LogP contribution in [-0.4, -0.2) is 11.1 Å². The van der Waals surface area contributed by atoms with Gasteiger partial charge >= 0.3 is 5.97 Å². The minimum absolute atomic E-state index is 0.343. The second-order valence-electron chi connectivity index (χ2n) is 3.11. The molecule has 0 radical (unpaired) electrons. The topological polar surface area (TPSA) is 37.3 Å². The number of fused-ring (bicyclic) bond motifs is 1. The van der Waals surface area contributed by atoms with E-state index in [0.29, 0.717) is 5.56 Å². The lowest BCUT2D eigenvalue weighted by molar-refractivity contribution is 0.0699. The molecule has 0 aliphatic rings. The van der Waals surface area contributed by atoms with E-state index >= 15 is 0 Å². The van der Waals surface area contributed by atoms with Crippen molar-refractivity contribution in [3.8, 4) is 0 Å². The van der Waals surface area contributed by atoms with E-state index in [0.717, 1.165) is 20.5 Å². The first-order valence-corrected chi connectivity index (χ1v) is 5.36. The molecule has 4 heteroatoms. The smallest absolute Gasteiger partial charge is 0.337 e. The van der Waals surface area contributed by atoms with Crippen molar-refractivity contribution >= 4 is 40.0 Å². The van der Waals surface area contributed by atoms with Gasteiger partial charge in [0.1, 0.15) is 0 Å². The van der Waals surface area contributed by atoms with E-state index in [4.69, 9.17) is 5.11 Å². The number of aromatic carboxylic acids is 1. The number of thiophene rings is 1. The monoisotopic (exact) mass is 224 g/mol. The number of rotatable bonds is 1. The van der Waals surface area contributed by atoms with Gasteiger partial charge in [-0.15, -0.1) is 24.0 Å². The van der Waals surface area contributed by atoms with E-state index in [9.17, 15) is 4.79 Å². The van der Waals surface area contributed by atoms with Gasteiger partial charge in [0, 0.05) is 20.4 Å². The maximum atomic E-state index is 10.9. The van der Waals surface area contributed by atoms with Crippen LogP contribution in [0.3, 0.4) is 0 Å². The van der Waals surface area contributed by atoms with Crippen LogP contribution in [0.5, 0.6) is 0 Å². The molecule has 0 aliphatic carbocycles. The second kappa shape index (κ2) is 3.29. The lowest BCUT2D eigenvalue weighted by atomic mass is 10.1. The quantitative estimate of drug-likeness (QED) is 0.730. The summed E-state index contributed by atoms with van der Waals surface area (Å²) in [5, 5.41) is 11.3. The van der Waals surface area contributed by atoms with E-state index in [2.05, 4.69) is 12.6 Å². The molecule has 14 heavy (non-hydrogen) atoms. The molecule has 0 aliphatic heterocycles. The molecular formula is C10H8O2S2. The average Bonchev–Trinajstić information content (AvgIpc) is 2.47. The first-order chi connectivity index (χ1) is 6.59. The fourth-order valence-electron chi connectivity index (χ4n) is 1.44. The van der Waals surface area contributed by atoms with Crippen molar-refractivity contribution in [3.63, 3.8) is 0 Å². The molecule has 0 unspecified atom stereocenters. The number of benzene rings is 1. The van der Waals surface area contributed by atoms with Gasteiger partial charge in [0.2, 0.25) is 0 Å². The Morgan fingerprint density at radius 1 is 1.50 bits per heavy atom. The highest BCUT2D eigenvalue weighted by Gasteiger charge is 2.13. The molecule has 1 N–H and O–H groups in total. The van der Waals surface area contributed by atoms with Crippen molar-refractivity contribution in [3.05, 3.63) is 28.6 Å². The Morgan fingerprint density at radius 2 is 2.21 bits per heavy atom. The lowest BCUT2D eigenvalue weighted by Gasteiger charge is -1.99. The summed E-state index contributed by atoms with van der Waals surface area (Å²) in [4.78, 5) is 11.6. The van der Waals surface area contributed by atoms with E-state index in [-0.39, 0.29) is 0 Å². The predicted molar refractivity (Wildman–Crippen MR) is 60.8 cm³/mol. The van der Waals surface area contributed by atoms with Crippen LogP contribution >= 0.6 is 24.0 Å². The van der Waals surface area contributed by atoms with Crippen LogP contribution in [0.15, 0.2) is 22.4 Å². The van der Waals surface area contributed by atoms with Crippen LogP contribution in [0.1, 0.15) is 15.9 Å². The van der Waals surface area contributed by atoms with Crippen molar-refractivity contribution in [2.75, 3.05) is 0 Å². The van der Waals surface area contributed by atoms with Crippen molar-refractivity contribution in [2.24, 2.45) is 0 Å². The zero-order valence-corrected chi connectivity index (χ0v) is 9.15. The summed E-state index contributed by atoms with van der Waals surface area (Å²) in [7, 11) is 0. The largest absolute Gasteiger partial charge is 0.478 e. The van der Waals surface area contributed by atoms with Gasteiger partial charge < -0.3 is 5.11 Å². The fraction of sp³-hybridized carbons (Fsp3) is 0.100. The average molecular weight is 224 g/mol. The van der Waals surface area contributed by atoms with Gasteiger partial charge in [-0.3, -0.25) is 0 Å². The highest BCUT2D eigenvalue weighted by molar-refractivity contribution is 7.80. The molecule has 0 bridgehead atoms. The molecule has 0 saturated carbocycles. The van der Waals surface area contributed by atoms with Gasteiger partial charge in [0.05, 0.1) is 5.56 Å². The minimum Gasteiger partial charge on any atom is -0.478 e. The summed E-state index contributed by atoms with van der Waals surface area (Å²) in [6.07, 6.45) is 0. The van der Waals surface area contributed by atoms with E-state index in [1.807, 2.05) is 19.1 Å². The number of hydrogen-bond donors (Lipinski definition) is 2. The molecule has 0 fully saturated rings. The maximum Gasteiger partial charge on any atom is 0.337 e. The normalized spacial score (nSPS) is 10.7. The van der Waals surface area contributed by atoms with Crippen LogP contribution in [0.4, 0.5) is 0 Å². The number of carboxylic acid groups (broad SMARTS) is 1. The molecule has 0 amide bonds. The Hall–Kier alpha value is -1.00. The Bertz CT molecular complexity index is 514. The van der Waals surface area contributed by atoms with E-state index in [1.54, 1.807) is 5.38 Å². The van der Waals surface area contributed by atoms with Crippen molar-refractivity contribution in [2.45, 2.75) is 11.8 Å². The molecular weight excluding hydrogens is 216 g/mol. The molecule has 72 valence electrons. The van der Waals surface area contributed by atoms with Crippen LogP contribution < -0.4 is 0 Å². The zero-order valence-electron chi connectivity index (χ0n) is 7.44. The van der Waals surface area contributed by atoms with Crippen LogP contribution in [0.2, 0.25) is 0 Å². The summed E-state index contributed by atoms with van der Waals surface area (Å²) >= 11 is 5.73. The van der Waals surface area contributed by atoms with Crippen molar-refractivity contribution in [1.29, 1.82) is 0 Å². The molecule has 1 heterocycles. The number of thiol groups is 1. The Kier molecular flexibility index (Phi) is 2.25. The molecule has 2 rings (SSSR count). The summed E-state index contributed by atoms with van der Waals surface area (Å²) in [5.41, 5.74) is 1.44. The SMILES string of the molecule is Cc1cc(S)c2c(C(=O)O)csc2c1. The lowest BCUT2D eigenvalue weighted by Crippen LogP contribution is -1.94. The molecule has 2 aromatic rings. The van der Waals surface area contributed by atoms with E-state index in [1.165, 1.54) is 11.3 Å². The summed E-state index contributed by atoms with van der Waals surface area (Å²) in [6, 6.07) is 3.86. The second-order valence-corrected chi connectivity index (χ2v) is 4.50. The maximum absolute atomic E-state index is 10.9. The Labute approximate surface area is 90.6 Å². The molecule has 1 aromatic carbocycles. The van der Waals surface area contributed by atoms with Crippen LogP contribution in [0, 0.1) is 6.92 Å².